The molecule has 1 fully saturated rings. The van der Waals surface area contributed by atoms with Crippen LogP contribution in [0.3, 0.4) is 0 Å². The van der Waals surface area contributed by atoms with Crippen molar-refractivity contribution in [1.82, 2.24) is 10.2 Å². The van der Waals surface area contributed by atoms with E-state index in [1.165, 1.54) is 4.90 Å². The third-order valence-electron chi connectivity index (χ3n) is 2.74. The summed E-state index contributed by atoms with van der Waals surface area (Å²) >= 11 is 0. The van der Waals surface area contributed by atoms with Gasteiger partial charge in [-0.1, -0.05) is 0 Å². The number of hydrogen-bond acceptors (Lipinski definition) is 4. The van der Waals surface area contributed by atoms with Crippen LogP contribution < -0.4 is 11.1 Å². The number of carbonyl (C=O) groups excluding carboxylic acids is 2. The number of likely N-dealkylation sites (tertiary alicyclic amines) is 1. The van der Waals surface area contributed by atoms with Gasteiger partial charge in [0.2, 0.25) is 11.8 Å². The minimum absolute atomic E-state index is 0.0377. The summed E-state index contributed by atoms with van der Waals surface area (Å²) in [6.45, 7) is 0.577. The van der Waals surface area contributed by atoms with Crippen LogP contribution in [0.5, 0.6) is 0 Å². The second-order valence-electron chi connectivity index (χ2n) is 3.83. The Morgan fingerprint density at radius 2 is 2.38 bits per heavy atom. The maximum Gasteiger partial charge on any atom is 0.241 e. The zero-order chi connectivity index (χ0) is 12.1. The van der Waals surface area contributed by atoms with Crippen LogP contribution in [0, 0.1) is 11.3 Å². The van der Waals surface area contributed by atoms with E-state index in [1.54, 1.807) is 7.05 Å². The van der Waals surface area contributed by atoms with E-state index in [0.29, 0.717) is 13.0 Å². The third-order valence-corrected chi connectivity index (χ3v) is 2.74. The Hall–Kier alpha value is -1.61. The number of carbonyl (C=O) groups is 2. The van der Waals surface area contributed by atoms with Crippen molar-refractivity contribution < 1.29 is 9.59 Å². The molecule has 0 radical (unpaired) electrons. The average Bonchev–Trinajstić information content (AvgIpc) is 2.72. The molecule has 88 valence electrons. The number of nitrogens with zero attached hydrogens (tertiary/aromatic N) is 2. The molecule has 0 spiro atoms. The van der Waals surface area contributed by atoms with Crippen molar-refractivity contribution in [2.75, 3.05) is 13.6 Å². The van der Waals surface area contributed by atoms with Crippen LogP contribution in [0.1, 0.15) is 19.3 Å². The van der Waals surface area contributed by atoms with Gasteiger partial charge in [-0.15, -0.1) is 0 Å². The Kier molecular flexibility index (Phi) is 4.26. The molecule has 0 saturated carbocycles. The maximum absolute atomic E-state index is 12.0. The molecule has 6 nitrogen and oxygen atoms in total. The zero-order valence-corrected chi connectivity index (χ0v) is 9.27. The van der Waals surface area contributed by atoms with Gasteiger partial charge in [0.1, 0.15) is 6.04 Å². The predicted molar refractivity (Wildman–Crippen MR) is 57.0 cm³/mol. The molecule has 2 amide bonds. The lowest BCUT2D eigenvalue weighted by atomic mass is 10.1. The highest BCUT2D eigenvalue weighted by Crippen LogP contribution is 2.17. The first-order valence-electron chi connectivity index (χ1n) is 5.25. The van der Waals surface area contributed by atoms with Crippen LogP contribution in [-0.4, -0.2) is 42.4 Å². The van der Waals surface area contributed by atoms with Gasteiger partial charge in [-0.2, -0.15) is 5.26 Å². The van der Waals surface area contributed by atoms with Gasteiger partial charge in [0.25, 0.3) is 0 Å². The summed E-state index contributed by atoms with van der Waals surface area (Å²) in [7, 11) is 1.60. The van der Waals surface area contributed by atoms with Gasteiger partial charge < -0.3 is 16.0 Å². The fourth-order valence-electron chi connectivity index (χ4n) is 1.88. The number of nitrogens with two attached hydrogens (primary N) is 1. The standard InChI is InChI=1S/C10H16N4O2/c1-13-8(5-9(12)15)10(16)14-4-2-3-7(14)6-11/h7-8,13H,2-5H2,1H3,(H2,12,15)/t7-,8-/m0/s1. The third kappa shape index (κ3) is 2.70. The van der Waals surface area contributed by atoms with Gasteiger partial charge >= 0.3 is 0 Å². The number of nitriles is 1. The number of hydrogen-bond donors (Lipinski definition) is 2. The number of rotatable bonds is 4. The van der Waals surface area contributed by atoms with Gasteiger partial charge in [0.15, 0.2) is 0 Å². The van der Waals surface area contributed by atoms with Gasteiger partial charge in [-0.25, -0.2) is 0 Å². The first kappa shape index (κ1) is 12.5. The fourth-order valence-corrected chi connectivity index (χ4v) is 1.88. The monoisotopic (exact) mass is 224 g/mol. The summed E-state index contributed by atoms with van der Waals surface area (Å²) in [6, 6.07) is 1.10. The molecule has 0 bridgehead atoms. The summed E-state index contributed by atoms with van der Waals surface area (Å²) in [5.41, 5.74) is 5.06. The Morgan fingerprint density at radius 1 is 1.69 bits per heavy atom. The maximum atomic E-state index is 12.0. The Morgan fingerprint density at radius 3 is 2.88 bits per heavy atom. The van der Waals surface area contributed by atoms with Crippen LogP contribution in [0.15, 0.2) is 0 Å². The van der Waals surface area contributed by atoms with Crippen LogP contribution >= 0.6 is 0 Å². The minimum atomic E-state index is -0.619. The van der Waals surface area contributed by atoms with Crippen molar-refractivity contribution in [3.05, 3.63) is 0 Å². The van der Waals surface area contributed by atoms with E-state index in [-0.39, 0.29) is 18.4 Å². The normalized spacial score (nSPS) is 21.5. The summed E-state index contributed by atoms with van der Waals surface area (Å²) in [5.74, 6) is -0.745. The van der Waals surface area contributed by atoms with E-state index in [0.717, 1.165) is 6.42 Å². The molecule has 0 aromatic heterocycles. The molecular weight excluding hydrogens is 208 g/mol. The average molecular weight is 224 g/mol. The van der Waals surface area contributed by atoms with Gasteiger partial charge in [-0.05, 0) is 19.9 Å². The lowest BCUT2D eigenvalue weighted by molar-refractivity contribution is -0.135. The number of likely N-dealkylation sites (N-methyl/N-ethyl adjacent to an activating group) is 1. The molecule has 1 aliphatic rings. The highest BCUT2D eigenvalue weighted by Gasteiger charge is 2.32. The zero-order valence-electron chi connectivity index (χ0n) is 9.27. The Labute approximate surface area is 94.4 Å². The number of primary amides is 1. The van der Waals surface area contributed by atoms with Crippen molar-refractivity contribution in [2.24, 2.45) is 5.73 Å². The summed E-state index contributed by atoms with van der Waals surface area (Å²) in [5, 5.41) is 11.6. The molecule has 1 rings (SSSR count). The van der Waals surface area contributed by atoms with Crippen LogP contribution in [0.25, 0.3) is 0 Å². The second kappa shape index (κ2) is 5.47. The summed E-state index contributed by atoms with van der Waals surface area (Å²) in [4.78, 5) is 24.3. The molecule has 6 heteroatoms. The molecule has 2 atom stereocenters. The van der Waals surface area contributed by atoms with Crippen molar-refractivity contribution in [1.29, 1.82) is 5.26 Å². The van der Waals surface area contributed by atoms with E-state index in [4.69, 9.17) is 11.0 Å². The molecule has 0 aromatic carbocycles. The molecule has 0 aliphatic carbocycles. The van der Waals surface area contributed by atoms with Crippen molar-refractivity contribution in [2.45, 2.75) is 31.3 Å². The first-order valence-corrected chi connectivity index (χ1v) is 5.25. The van der Waals surface area contributed by atoms with Gasteiger partial charge in [-0.3, -0.25) is 9.59 Å². The van der Waals surface area contributed by atoms with Crippen LogP contribution in [0.2, 0.25) is 0 Å². The van der Waals surface area contributed by atoms with E-state index in [9.17, 15) is 9.59 Å². The molecular formula is C10H16N4O2. The van der Waals surface area contributed by atoms with Crippen molar-refractivity contribution in [3.63, 3.8) is 0 Å². The fraction of sp³-hybridized carbons (Fsp3) is 0.700. The molecule has 16 heavy (non-hydrogen) atoms. The minimum Gasteiger partial charge on any atom is -0.370 e. The largest absolute Gasteiger partial charge is 0.370 e. The van der Waals surface area contributed by atoms with Crippen molar-refractivity contribution in [3.8, 4) is 6.07 Å². The first-order chi connectivity index (χ1) is 7.60. The Balaban J connectivity index is 2.67. The van der Waals surface area contributed by atoms with E-state index in [1.807, 2.05) is 0 Å². The number of nitrogens with one attached hydrogen (secondary N) is 1. The van der Waals surface area contributed by atoms with E-state index < -0.39 is 11.9 Å². The lowest BCUT2D eigenvalue weighted by Crippen LogP contribution is -2.48. The van der Waals surface area contributed by atoms with Crippen molar-refractivity contribution >= 4 is 11.8 Å². The predicted octanol–water partition coefficient (Wildman–Crippen LogP) is -1.04. The van der Waals surface area contributed by atoms with Gasteiger partial charge in [0.05, 0.1) is 18.5 Å². The Bertz CT molecular complexity index is 323. The molecule has 0 aromatic rings. The highest BCUT2D eigenvalue weighted by molar-refractivity contribution is 5.88. The van der Waals surface area contributed by atoms with Crippen LogP contribution in [0.4, 0.5) is 0 Å². The molecule has 1 aliphatic heterocycles. The topological polar surface area (TPSA) is 99.2 Å². The highest BCUT2D eigenvalue weighted by atomic mass is 16.2. The van der Waals surface area contributed by atoms with E-state index >= 15 is 0 Å². The molecule has 1 heterocycles. The SMILES string of the molecule is CN[C@@H](CC(N)=O)C(=O)N1CCC[C@H]1C#N. The summed E-state index contributed by atoms with van der Waals surface area (Å²) in [6.07, 6.45) is 1.50. The lowest BCUT2D eigenvalue weighted by Gasteiger charge is -2.24. The number of amides is 2. The molecule has 1 saturated heterocycles. The van der Waals surface area contributed by atoms with Gasteiger partial charge in [0, 0.05) is 6.54 Å². The van der Waals surface area contributed by atoms with E-state index in [2.05, 4.69) is 11.4 Å². The molecule has 3 N–H and O–H groups in total. The summed E-state index contributed by atoms with van der Waals surface area (Å²) < 4.78 is 0. The quantitative estimate of drug-likeness (QED) is 0.637. The second-order valence-corrected chi connectivity index (χ2v) is 3.83. The molecule has 0 unspecified atom stereocenters. The smallest absolute Gasteiger partial charge is 0.241 e. The van der Waals surface area contributed by atoms with Crippen LogP contribution in [-0.2, 0) is 9.59 Å².